The fourth-order valence-corrected chi connectivity index (χ4v) is 5.29. The normalized spacial score (nSPS) is 28.2. The maximum absolute atomic E-state index is 13.9. The van der Waals surface area contributed by atoms with Crippen molar-refractivity contribution in [2.45, 2.75) is 82.7 Å². The van der Waals surface area contributed by atoms with Gasteiger partial charge in [0.15, 0.2) is 0 Å². The molecular formula is C25H33F5. The molecule has 0 aliphatic heterocycles. The zero-order valence-corrected chi connectivity index (χ0v) is 17.6. The first kappa shape index (κ1) is 23.3. The van der Waals surface area contributed by atoms with E-state index in [1.165, 1.54) is 44.6 Å². The average Bonchev–Trinajstić information content (AvgIpc) is 2.73. The predicted molar refractivity (Wildman–Crippen MR) is 111 cm³/mol. The molecule has 2 saturated carbocycles. The van der Waals surface area contributed by atoms with Gasteiger partial charge in [0, 0.05) is 0 Å². The molecule has 0 radical (unpaired) electrons. The molecule has 0 nitrogen and oxygen atoms in total. The van der Waals surface area contributed by atoms with E-state index in [0.717, 1.165) is 43.7 Å². The Kier molecular flexibility index (Phi) is 8.35. The summed E-state index contributed by atoms with van der Waals surface area (Å²) in [6.45, 7) is -0.276. The maximum Gasteiger partial charge on any atom is 0.419 e. The zero-order valence-electron chi connectivity index (χ0n) is 17.6. The average molecular weight is 429 g/mol. The first-order valence-electron chi connectivity index (χ1n) is 11.5. The first-order chi connectivity index (χ1) is 14.4. The van der Waals surface area contributed by atoms with E-state index in [4.69, 9.17) is 0 Å². The summed E-state index contributed by atoms with van der Waals surface area (Å²) < 4.78 is 64.3. The molecule has 3 rings (SSSR count). The van der Waals surface area contributed by atoms with Gasteiger partial charge < -0.3 is 0 Å². The quantitative estimate of drug-likeness (QED) is 0.301. The molecule has 0 unspecified atom stereocenters. The molecule has 1 aromatic rings. The Morgan fingerprint density at radius 1 is 0.867 bits per heavy atom. The van der Waals surface area contributed by atoms with Crippen molar-refractivity contribution in [3.8, 4) is 0 Å². The van der Waals surface area contributed by atoms with Gasteiger partial charge in [-0.05, 0) is 99.2 Å². The summed E-state index contributed by atoms with van der Waals surface area (Å²) in [4.78, 5) is 0. The molecular weight excluding hydrogens is 395 g/mol. The summed E-state index contributed by atoms with van der Waals surface area (Å²) in [6.07, 6.45) is 11.5. The number of allylic oxidation sites excluding steroid dienone is 2. The molecule has 0 spiro atoms. The van der Waals surface area contributed by atoms with Crippen molar-refractivity contribution >= 4 is 0 Å². The number of hydrogen-bond donors (Lipinski definition) is 0. The largest absolute Gasteiger partial charge is 0.419 e. The highest BCUT2D eigenvalue weighted by Gasteiger charge is 2.34. The van der Waals surface area contributed by atoms with Crippen LogP contribution in [0.2, 0.25) is 0 Å². The van der Waals surface area contributed by atoms with Crippen LogP contribution in [0.15, 0.2) is 30.4 Å². The summed E-state index contributed by atoms with van der Waals surface area (Å²) in [5.74, 6) is 1.11. The Morgan fingerprint density at radius 2 is 1.47 bits per heavy atom. The fourth-order valence-electron chi connectivity index (χ4n) is 5.29. The standard InChI is InChI=1S/C25H33F5/c26-16-2-1-3-18-4-6-19(7-5-18)8-9-20-10-12-21(13-11-20)22-14-15-23(24(27)17-22)25(28,29)30/h1,3,14-15,17-21H,2,4-13,16H2/b3-1+/t18-,19-,20?,21?. The molecule has 2 aliphatic carbocycles. The van der Waals surface area contributed by atoms with Crippen LogP contribution in [-0.4, -0.2) is 6.67 Å². The van der Waals surface area contributed by atoms with Gasteiger partial charge in [-0.15, -0.1) is 0 Å². The van der Waals surface area contributed by atoms with E-state index in [-0.39, 0.29) is 12.6 Å². The number of rotatable bonds is 7. The monoisotopic (exact) mass is 428 g/mol. The first-order valence-corrected chi connectivity index (χ1v) is 11.5. The van der Waals surface area contributed by atoms with Gasteiger partial charge in [-0.2, -0.15) is 13.2 Å². The van der Waals surface area contributed by atoms with E-state index in [0.29, 0.717) is 23.8 Å². The minimum atomic E-state index is -4.63. The molecule has 168 valence electrons. The van der Waals surface area contributed by atoms with E-state index < -0.39 is 17.6 Å². The molecule has 2 fully saturated rings. The lowest BCUT2D eigenvalue weighted by atomic mass is 9.74. The van der Waals surface area contributed by atoms with Crippen LogP contribution in [0.25, 0.3) is 0 Å². The SMILES string of the molecule is FCC/C=C/[C@H]1CC[C@H](CCC2CCC(c3ccc(C(F)(F)F)c(F)c3)CC2)CC1. The molecule has 1 aromatic carbocycles. The summed E-state index contributed by atoms with van der Waals surface area (Å²) in [5.41, 5.74) is -0.467. The molecule has 0 N–H and O–H groups in total. The van der Waals surface area contributed by atoms with Crippen LogP contribution in [0, 0.1) is 23.6 Å². The van der Waals surface area contributed by atoms with Crippen molar-refractivity contribution in [1.82, 2.24) is 0 Å². The molecule has 0 saturated heterocycles. The van der Waals surface area contributed by atoms with Crippen molar-refractivity contribution in [3.63, 3.8) is 0 Å². The minimum Gasteiger partial charge on any atom is -0.251 e. The third-order valence-corrected chi connectivity index (χ3v) is 7.18. The van der Waals surface area contributed by atoms with Gasteiger partial charge in [0.05, 0.1) is 12.2 Å². The van der Waals surface area contributed by atoms with Crippen LogP contribution in [0.5, 0.6) is 0 Å². The Morgan fingerprint density at radius 3 is 2.00 bits per heavy atom. The van der Waals surface area contributed by atoms with Gasteiger partial charge >= 0.3 is 6.18 Å². The molecule has 0 atom stereocenters. The highest BCUT2D eigenvalue weighted by molar-refractivity contribution is 5.29. The Hall–Kier alpha value is -1.39. The second-order valence-corrected chi connectivity index (χ2v) is 9.22. The molecule has 0 amide bonds. The lowest BCUT2D eigenvalue weighted by molar-refractivity contribution is -0.140. The van der Waals surface area contributed by atoms with Gasteiger partial charge in [0.2, 0.25) is 0 Å². The zero-order chi connectivity index (χ0) is 21.6. The molecule has 5 heteroatoms. The maximum atomic E-state index is 13.9. The highest BCUT2D eigenvalue weighted by atomic mass is 19.4. The third-order valence-electron chi connectivity index (χ3n) is 7.18. The van der Waals surface area contributed by atoms with Crippen molar-refractivity contribution in [2.75, 3.05) is 6.67 Å². The third kappa shape index (κ3) is 6.55. The lowest BCUT2D eigenvalue weighted by Crippen LogP contribution is -2.17. The highest BCUT2D eigenvalue weighted by Crippen LogP contribution is 2.41. The van der Waals surface area contributed by atoms with Crippen molar-refractivity contribution in [2.24, 2.45) is 17.8 Å². The van der Waals surface area contributed by atoms with Gasteiger partial charge in [-0.3, -0.25) is 4.39 Å². The Bertz CT molecular complexity index is 677. The van der Waals surface area contributed by atoms with Crippen molar-refractivity contribution < 1.29 is 22.0 Å². The summed E-state index contributed by atoms with van der Waals surface area (Å²) in [6, 6.07) is 3.44. The van der Waals surface area contributed by atoms with Crippen LogP contribution in [0.1, 0.15) is 87.7 Å². The topological polar surface area (TPSA) is 0 Å². The van der Waals surface area contributed by atoms with E-state index in [2.05, 4.69) is 6.08 Å². The van der Waals surface area contributed by atoms with Crippen LogP contribution in [0.3, 0.4) is 0 Å². The van der Waals surface area contributed by atoms with Crippen molar-refractivity contribution in [1.29, 1.82) is 0 Å². The fraction of sp³-hybridized carbons (Fsp3) is 0.680. The van der Waals surface area contributed by atoms with Crippen LogP contribution < -0.4 is 0 Å². The smallest absolute Gasteiger partial charge is 0.251 e. The summed E-state index contributed by atoms with van der Waals surface area (Å²) >= 11 is 0. The molecule has 0 bridgehead atoms. The minimum absolute atomic E-state index is 0.171. The second kappa shape index (κ2) is 10.8. The van der Waals surface area contributed by atoms with Gasteiger partial charge in [-0.1, -0.05) is 31.1 Å². The molecule has 2 aliphatic rings. The predicted octanol–water partition coefficient (Wildman–Crippen LogP) is 8.62. The van der Waals surface area contributed by atoms with Crippen LogP contribution in [0.4, 0.5) is 22.0 Å². The number of benzene rings is 1. The number of halogens is 5. The van der Waals surface area contributed by atoms with E-state index in [9.17, 15) is 22.0 Å². The second-order valence-electron chi connectivity index (χ2n) is 9.22. The van der Waals surface area contributed by atoms with E-state index in [1.54, 1.807) is 0 Å². The van der Waals surface area contributed by atoms with Crippen molar-refractivity contribution in [3.05, 3.63) is 47.3 Å². The number of alkyl halides is 4. The summed E-state index contributed by atoms with van der Waals surface area (Å²) in [5, 5.41) is 0. The van der Waals surface area contributed by atoms with Crippen LogP contribution >= 0.6 is 0 Å². The molecule has 30 heavy (non-hydrogen) atoms. The van der Waals surface area contributed by atoms with E-state index in [1.807, 2.05) is 6.08 Å². The Labute approximate surface area is 176 Å². The summed E-state index contributed by atoms with van der Waals surface area (Å²) in [7, 11) is 0. The van der Waals surface area contributed by atoms with Gasteiger partial charge in [0.1, 0.15) is 5.82 Å². The van der Waals surface area contributed by atoms with Gasteiger partial charge in [0.25, 0.3) is 0 Å². The van der Waals surface area contributed by atoms with Crippen LogP contribution in [-0.2, 0) is 6.18 Å². The van der Waals surface area contributed by atoms with E-state index >= 15 is 0 Å². The molecule has 0 aromatic heterocycles. The Balaban J connectivity index is 1.39. The van der Waals surface area contributed by atoms with Gasteiger partial charge in [-0.25, -0.2) is 4.39 Å². The lowest BCUT2D eigenvalue weighted by Gasteiger charge is -2.31. The molecule has 0 heterocycles. The number of hydrogen-bond acceptors (Lipinski definition) is 0.